The molecule has 4 nitrogen and oxygen atoms in total. The second kappa shape index (κ2) is 5.09. The van der Waals surface area contributed by atoms with Gasteiger partial charge >= 0.3 is 0 Å². The van der Waals surface area contributed by atoms with E-state index >= 15 is 0 Å². The minimum Gasteiger partial charge on any atom is -0.321 e. The van der Waals surface area contributed by atoms with Crippen LogP contribution in [0.15, 0.2) is 6.20 Å². The molecule has 0 radical (unpaired) electrons. The number of aromatic amines is 1. The maximum Gasteiger partial charge on any atom is 0.232 e. The lowest BCUT2D eigenvalue weighted by atomic mass is 9.99. The SMILES string of the molecule is O=C(Nc1cn[nH]c1F)C1CCCCCC1. The van der Waals surface area contributed by atoms with Gasteiger partial charge in [0.15, 0.2) is 0 Å². The Bertz CT molecular complexity index is 356. The second-order valence-corrected chi connectivity index (χ2v) is 4.28. The van der Waals surface area contributed by atoms with Crippen LogP contribution in [0.2, 0.25) is 0 Å². The highest BCUT2D eigenvalue weighted by Crippen LogP contribution is 2.24. The lowest BCUT2D eigenvalue weighted by Gasteiger charge is -2.12. The van der Waals surface area contributed by atoms with E-state index in [0.29, 0.717) is 0 Å². The highest BCUT2D eigenvalue weighted by Gasteiger charge is 2.21. The molecule has 1 amide bonds. The smallest absolute Gasteiger partial charge is 0.232 e. The van der Waals surface area contributed by atoms with Crippen LogP contribution in [0.4, 0.5) is 10.1 Å². The van der Waals surface area contributed by atoms with Gasteiger partial charge in [-0.3, -0.25) is 9.89 Å². The fraction of sp³-hybridized carbons (Fsp3) is 0.636. The van der Waals surface area contributed by atoms with Crippen molar-refractivity contribution < 1.29 is 9.18 Å². The van der Waals surface area contributed by atoms with Crippen molar-refractivity contribution >= 4 is 11.6 Å². The fourth-order valence-corrected chi connectivity index (χ4v) is 2.13. The van der Waals surface area contributed by atoms with Crippen molar-refractivity contribution in [3.63, 3.8) is 0 Å². The summed E-state index contributed by atoms with van der Waals surface area (Å²) in [6, 6.07) is 0. The number of hydrogen-bond donors (Lipinski definition) is 2. The van der Waals surface area contributed by atoms with Gasteiger partial charge in [-0.05, 0) is 12.8 Å². The first-order valence-electron chi connectivity index (χ1n) is 5.77. The zero-order valence-electron chi connectivity index (χ0n) is 9.13. The number of nitrogens with zero attached hydrogens (tertiary/aromatic N) is 1. The van der Waals surface area contributed by atoms with Crippen LogP contribution >= 0.6 is 0 Å². The molecule has 1 aliphatic carbocycles. The molecule has 1 heterocycles. The van der Waals surface area contributed by atoms with Crippen molar-refractivity contribution in [1.82, 2.24) is 10.2 Å². The van der Waals surface area contributed by atoms with Crippen LogP contribution < -0.4 is 5.32 Å². The van der Waals surface area contributed by atoms with E-state index in [1.807, 2.05) is 0 Å². The van der Waals surface area contributed by atoms with Crippen LogP contribution in [0.3, 0.4) is 0 Å². The molecule has 1 aromatic heterocycles. The van der Waals surface area contributed by atoms with Gasteiger partial charge in [0.1, 0.15) is 5.69 Å². The summed E-state index contributed by atoms with van der Waals surface area (Å²) in [5.74, 6) is -0.638. The number of hydrogen-bond acceptors (Lipinski definition) is 2. The molecule has 0 aliphatic heterocycles. The average Bonchev–Trinajstić information content (AvgIpc) is 2.57. The van der Waals surface area contributed by atoms with Gasteiger partial charge in [0.05, 0.1) is 6.20 Å². The van der Waals surface area contributed by atoms with Gasteiger partial charge in [-0.15, -0.1) is 0 Å². The molecular weight excluding hydrogens is 209 g/mol. The largest absolute Gasteiger partial charge is 0.321 e. The Balaban J connectivity index is 1.94. The standard InChI is InChI=1S/C11H16FN3O/c12-10-9(7-13-15-10)14-11(16)8-5-3-1-2-4-6-8/h7-8H,1-6H2,(H,13,15)(H,14,16). The van der Waals surface area contributed by atoms with Crippen LogP contribution in [-0.2, 0) is 4.79 Å². The number of anilines is 1. The third kappa shape index (κ3) is 2.59. The number of carbonyl (C=O) groups excluding carboxylic acids is 1. The van der Waals surface area contributed by atoms with Crippen molar-refractivity contribution in [3.05, 3.63) is 12.1 Å². The number of carbonyl (C=O) groups is 1. The third-order valence-corrected chi connectivity index (χ3v) is 3.08. The molecule has 0 saturated heterocycles. The first-order chi connectivity index (χ1) is 7.77. The summed E-state index contributed by atoms with van der Waals surface area (Å²) in [7, 11) is 0. The summed E-state index contributed by atoms with van der Waals surface area (Å²) >= 11 is 0. The van der Waals surface area contributed by atoms with Gasteiger partial charge in [-0.25, -0.2) is 0 Å². The molecule has 1 aliphatic rings. The van der Waals surface area contributed by atoms with Crippen LogP contribution in [0.25, 0.3) is 0 Å². The van der Waals surface area contributed by atoms with Crippen LogP contribution in [0, 0.1) is 11.9 Å². The van der Waals surface area contributed by atoms with E-state index in [9.17, 15) is 9.18 Å². The Morgan fingerprint density at radius 2 is 2.06 bits per heavy atom. The topological polar surface area (TPSA) is 57.8 Å². The molecule has 1 aromatic rings. The number of halogens is 1. The van der Waals surface area contributed by atoms with Crippen molar-refractivity contribution in [2.24, 2.45) is 5.92 Å². The lowest BCUT2D eigenvalue weighted by molar-refractivity contribution is -0.120. The monoisotopic (exact) mass is 225 g/mol. The van der Waals surface area contributed by atoms with E-state index in [1.54, 1.807) is 0 Å². The number of rotatable bonds is 2. The number of nitrogens with one attached hydrogen (secondary N) is 2. The van der Waals surface area contributed by atoms with Gasteiger partial charge in [-0.1, -0.05) is 25.7 Å². The molecular formula is C11H16FN3O. The summed E-state index contributed by atoms with van der Waals surface area (Å²) in [5, 5.41) is 8.26. The predicted octanol–water partition coefficient (Wildman–Crippen LogP) is 2.46. The van der Waals surface area contributed by atoms with Crippen LogP contribution in [0.5, 0.6) is 0 Å². The predicted molar refractivity (Wildman–Crippen MR) is 58.4 cm³/mol. The fourth-order valence-electron chi connectivity index (χ4n) is 2.13. The molecule has 2 rings (SSSR count). The Morgan fingerprint density at radius 1 is 1.38 bits per heavy atom. The Hall–Kier alpha value is -1.39. The molecule has 5 heteroatoms. The third-order valence-electron chi connectivity index (χ3n) is 3.08. The van der Waals surface area contributed by atoms with Gasteiger partial charge in [0, 0.05) is 5.92 Å². The number of aromatic nitrogens is 2. The highest BCUT2D eigenvalue weighted by atomic mass is 19.1. The molecule has 16 heavy (non-hydrogen) atoms. The summed E-state index contributed by atoms with van der Waals surface area (Å²) in [5.41, 5.74) is 0.147. The molecule has 2 N–H and O–H groups in total. The maximum atomic E-state index is 13.0. The van der Waals surface area contributed by atoms with E-state index in [1.165, 1.54) is 19.0 Å². The van der Waals surface area contributed by atoms with Gasteiger partial charge in [0.25, 0.3) is 0 Å². The first kappa shape index (κ1) is 11.1. The summed E-state index contributed by atoms with van der Waals surface area (Å²) in [6.45, 7) is 0. The second-order valence-electron chi connectivity index (χ2n) is 4.28. The zero-order chi connectivity index (χ0) is 11.4. The minimum atomic E-state index is -0.582. The Morgan fingerprint density at radius 3 is 2.62 bits per heavy atom. The van der Waals surface area contributed by atoms with Crippen molar-refractivity contribution in [1.29, 1.82) is 0 Å². The van der Waals surface area contributed by atoms with Gasteiger partial charge in [-0.2, -0.15) is 9.49 Å². The van der Waals surface area contributed by atoms with Crippen molar-refractivity contribution in [3.8, 4) is 0 Å². The minimum absolute atomic E-state index is 0.0248. The lowest BCUT2D eigenvalue weighted by Crippen LogP contribution is -2.22. The van der Waals surface area contributed by atoms with Crippen molar-refractivity contribution in [2.45, 2.75) is 38.5 Å². The highest BCUT2D eigenvalue weighted by molar-refractivity contribution is 5.92. The van der Waals surface area contributed by atoms with Gasteiger partial charge < -0.3 is 5.32 Å². The Labute approximate surface area is 93.6 Å². The van der Waals surface area contributed by atoms with Crippen LogP contribution in [0.1, 0.15) is 38.5 Å². The molecule has 0 atom stereocenters. The van der Waals surface area contributed by atoms with E-state index in [0.717, 1.165) is 25.7 Å². The maximum absolute atomic E-state index is 13.0. The molecule has 0 bridgehead atoms. The van der Waals surface area contributed by atoms with E-state index < -0.39 is 5.95 Å². The average molecular weight is 225 g/mol. The molecule has 1 fully saturated rings. The first-order valence-corrected chi connectivity index (χ1v) is 5.77. The molecule has 0 spiro atoms. The number of H-pyrrole nitrogens is 1. The number of amides is 1. The summed E-state index contributed by atoms with van der Waals surface area (Å²) in [4.78, 5) is 11.9. The molecule has 1 saturated carbocycles. The molecule has 0 aromatic carbocycles. The summed E-state index contributed by atoms with van der Waals surface area (Å²) < 4.78 is 13.0. The van der Waals surface area contributed by atoms with Crippen LogP contribution in [-0.4, -0.2) is 16.1 Å². The quantitative estimate of drug-likeness (QED) is 0.759. The molecule has 88 valence electrons. The normalized spacial score (nSPS) is 18.1. The van der Waals surface area contributed by atoms with E-state index in [-0.39, 0.29) is 17.5 Å². The zero-order valence-corrected chi connectivity index (χ0v) is 9.13. The Kier molecular flexibility index (Phi) is 3.54. The van der Waals surface area contributed by atoms with Gasteiger partial charge in [0.2, 0.25) is 11.9 Å². The molecule has 0 unspecified atom stereocenters. The summed E-state index contributed by atoms with van der Waals surface area (Å²) in [6.07, 6.45) is 7.69. The van der Waals surface area contributed by atoms with Crippen molar-refractivity contribution in [2.75, 3.05) is 5.32 Å². The van der Waals surface area contributed by atoms with E-state index in [4.69, 9.17) is 0 Å². The van der Waals surface area contributed by atoms with E-state index in [2.05, 4.69) is 15.5 Å².